The van der Waals surface area contributed by atoms with Gasteiger partial charge in [0.05, 0.1) is 7.11 Å². The number of amides is 1. The maximum absolute atomic E-state index is 10.7. The van der Waals surface area contributed by atoms with Gasteiger partial charge >= 0.3 is 11.9 Å². The summed E-state index contributed by atoms with van der Waals surface area (Å²) < 4.78 is 4.45. The Morgan fingerprint density at radius 3 is 2.21 bits per heavy atom. The highest BCUT2D eigenvalue weighted by molar-refractivity contribution is 5.79. The van der Waals surface area contributed by atoms with Gasteiger partial charge in [0.1, 0.15) is 12.6 Å². The van der Waals surface area contributed by atoms with Crippen LogP contribution >= 0.6 is 0 Å². The number of unbranched alkanes of at least 4 members (excludes halogenated alkanes) is 1. The molecule has 0 fully saturated rings. The average Bonchev–Trinajstić information content (AvgIpc) is 2.36. The summed E-state index contributed by atoms with van der Waals surface area (Å²) in [6, 6.07) is -0.480. The van der Waals surface area contributed by atoms with Crippen molar-refractivity contribution in [1.82, 2.24) is 5.32 Å². The molecule has 0 saturated heterocycles. The molecule has 1 atom stereocenters. The Hall–Kier alpha value is -1.67. The first-order chi connectivity index (χ1) is 8.84. The number of carbonyl (C=O) groups excluding carboxylic acids is 2. The van der Waals surface area contributed by atoms with Gasteiger partial charge in [-0.25, -0.2) is 0 Å². The topological polar surface area (TPSA) is 145 Å². The molecule has 0 aromatic carbocycles. The number of carbonyl (C=O) groups is 3. The van der Waals surface area contributed by atoms with E-state index in [1.165, 1.54) is 14.0 Å². The minimum atomic E-state index is -1.03. The molecular formula is C11H23N3O5. The number of ether oxygens (including phenoxy) is 1. The second kappa shape index (κ2) is 12.8. The maximum atomic E-state index is 10.7. The van der Waals surface area contributed by atoms with Crippen LogP contribution in [0.1, 0.15) is 26.2 Å². The van der Waals surface area contributed by atoms with Gasteiger partial charge in [0.15, 0.2) is 0 Å². The zero-order chi connectivity index (χ0) is 15.3. The first-order valence-corrected chi connectivity index (χ1v) is 5.84. The number of hydrogen-bond donors (Lipinski definition) is 4. The minimum absolute atomic E-state index is 0.296. The molecule has 0 aromatic rings. The Bertz CT molecular complexity index is 270. The first-order valence-electron chi connectivity index (χ1n) is 5.84. The van der Waals surface area contributed by atoms with E-state index in [4.69, 9.17) is 16.6 Å². The summed E-state index contributed by atoms with van der Waals surface area (Å²) >= 11 is 0. The predicted octanol–water partition coefficient (Wildman–Crippen LogP) is -1.18. The summed E-state index contributed by atoms with van der Waals surface area (Å²) in [6.07, 6.45) is 2.45. The average molecular weight is 277 g/mol. The molecule has 0 rings (SSSR count). The molecule has 0 heterocycles. The van der Waals surface area contributed by atoms with Gasteiger partial charge in [0, 0.05) is 6.92 Å². The molecule has 0 aliphatic rings. The smallest absolute Gasteiger partial charge is 0.322 e. The van der Waals surface area contributed by atoms with E-state index in [-0.39, 0.29) is 18.4 Å². The van der Waals surface area contributed by atoms with Gasteiger partial charge < -0.3 is 26.6 Å². The molecule has 19 heavy (non-hydrogen) atoms. The lowest BCUT2D eigenvalue weighted by Crippen LogP contribution is -2.31. The van der Waals surface area contributed by atoms with Crippen LogP contribution in [0.5, 0.6) is 0 Å². The lowest BCUT2D eigenvalue weighted by Gasteiger charge is -2.07. The van der Waals surface area contributed by atoms with Crippen molar-refractivity contribution < 1.29 is 24.2 Å². The van der Waals surface area contributed by atoms with Gasteiger partial charge in [-0.15, -0.1) is 0 Å². The number of aliphatic carboxylic acids is 1. The third-order valence-corrected chi connectivity index (χ3v) is 1.96. The fourth-order valence-electron chi connectivity index (χ4n) is 0.978. The fraction of sp³-hybridized carbons (Fsp3) is 0.727. The number of carboxylic acid groups (broad SMARTS) is 1. The molecule has 1 unspecified atom stereocenters. The molecule has 0 aliphatic heterocycles. The van der Waals surface area contributed by atoms with E-state index in [1.807, 2.05) is 0 Å². The van der Waals surface area contributed by atoms with Crippen LogP contribution in [0.2, 0.25) is 0 Å². The van der Waals surface area contributed by atoms with Crippen molar-refractivity contribution in [3.05, 3.63) is 0 Å². The van der Waals surface area contributed by atoms with Crippen molar-refractivity contribution in [3.8, 4) is 0 Å². The maximum Gasteiger partial charge on any atom is 0.322 e. The summed E-state index contributed by atoms with van der Waals surface area (Å²) in [7, 11) is 1.34. The molecule has 8 nitrogen and oxygen atoms in total. The Labute approximate surface area is 112 Å². The number of hydrogen-bond acceptors (Lipinski definition) is 6. The van der Waals surface area contributed by atoms with Crippen LogP contribution < -0.4 is 16.8 Å². The van der Waals surface area contributed by atoms with Crippen molar-refractivity contribution in [3.63, 3.8) is 0 Å². The normalized spacial score (nSPS) is 10.7. The monoisotopic (exact) mass is 277 g/mol. The molecule has 0 aliphatic carbocycles. The van der Waals surface area contributed by atoms with Crippen molar-refractivity contribution >= 4 is 17.8 Å². The molecule has 0 bridgehead atoms. The second-order valence-corrected chi connectivity index (χ2v) is 3.72. The summed E-state index contributed by atoms with van der Waals surface area (Å²) in [5.74, 6) is -1.70. The molecule has 0 aromatic heterocycles. The summed E-state index contributed by atoms with van der Waals surface area (Å²) in [6.45, 7) is 1.62. The molecular weight excluding hydrogens is 254 g/mol. The number of esters is 1. The Morgan fingerprint density at radius 2 is 1.89 bits per heavy atom. The van der Waals surface area contributed by atoms with Crippen LogP contribution in [0, 0.1) is 0 Å². The van der Waals surface area contributed by atoms with Crippen LogP contribution in [0.15, 0.2) is 0 Å². The Balaban J connectivity index is 0. The van der Waals surface area contributed by atoms with Crippen molar-refractivity contribution in [2.45, 2.75) is 32.2 Å². The summed E-state index contributed by atoms with van der Waals surface area (Å²) in [5.41, 5.74) is 10.7. The molecule has 0 spiro atoms. The van der Waals surface area contributed by atoms with Gasteiger partial charge in [-0.3, -0.25) is 14.4 Å². The summed E-state index contributed by atoms with van der Waals surface area (Å²) in [4.78, 5) is 30.4. The standard InChI is InChI=1S/C7H16N2O2.C4H7NO3/c1-11-7(10)6(9)4-2-3-5-8;1-3(6)5-2-4(7)8/h6H,2-5,8-9H2,1H3;2H2,1H3,(H,5,6)(H,7,8). The lowest BCUT2D eigenvalue weighted by molar-refractivity contribution is -0.142. The van der Waals surface area contributed by atoms with E-state index in [9.17, 15) is 14.4 Å². The number of carboxylic acids is 1. The van der Waals surface area contributed by atoms with Crippen LogP contribution in [0.3, 0.4) is 0 Å². The molecule has 0 radical (unpaired) electrons. The fourth-order valence-corrected chi connectivity index (χ4v) is 0.978. The highest BCUT2D eigenvalue weighted by Gasteiger charge is 2.11. The van der Waals surface area contributed by atoms with Crippen molar-refractivity contribution in [1.29, 1.82) is 0 Å². The zero-order valence-corrected chi connectivity index (χ0v) is 11.3. The second-order valence-electron chi connectivity index (χ2n) is 3.72. The van der Waals surface area contributed by atoms with E-state index < -0.39 is 12.0 Å². The zero-order valence-electron chi connectivity index (χ0n) is 11.3. The van der Waals surface area contributed by atoms with Crippen LogP contribution in [-0.2, 0) is 19.1 Å². The van der Waals surface area contributed by atoms with Crippen molar-refractivity contribution in [2.75, 3.05) is 20.2 Å². The number of nitrogens with one attached hydrogen (secondary N) is 1. The lowest BCUT2D eigenvalue weighted by atomic mass is 10.1. The van der Waals surface area contributed by atoms with Gasteiger partial charge in [0.2, 0.25) is 5.91 Å². The molecule has 6 N–H and O–H groups in total. The van der Waals surface area contributed by atoms with Gasteiger partial charge in [-0.1, -0.05) is 6.42 Å². The third kappa shape index (κ3) is 16.3. The molecule has 112 valence electrons. The highest BCUT2D eigenvalue weighted by Crippen LogP contribution is 1.98. The van der Waals surface area contributed by atoms with E-state index in [1.54, 1.807) is 0 Å². The van der Waals surface area contributed by atoms with E-state index in [0.717, 1.165) is 12.8 Å². The van der Waals surface area contributed by atoms with Crippen molar-refractivity contribution in [2.24, 2.45) is 11.5 Å². The Morgan fingerprint density at radius 1 is 1.32 bits per heavy atom. The van der Waals surface area contributed by atoms with Gasteiger partial charge in [-0.05, 0) is 19.4 Å². The Kier molecular flexibility index (Phi) is 13.2. The first kappa shape index (κ1) is 19.7. The number of nitrogens with two attached hydrogens (primary N) is 2. The van der Waals surface area contributed by atoms with Gasteiger partial charge in [0.25, 0.3) is 0 Å². The van der Waals surface area contributed by atoms with Crippen LogP contribution in [-0.4, -0.2) is 49.2 Å². The van der Waals surface area contributed by atoms with E-state index in [0.29, 0.717) is 13.0 Å². The van der Waals surface area contributed by atoms with Crippen LogP contribution in [0.25, 0.3) is 0 Å². The van der Waals surface area contributed by atoms with E-state index >= 15 is 0 Å². The molecule has 1 amide bonds. The predicted molar refractivity (Wildman–Crippen MR) is 69.2 cm³/mol. The molecule has 0 saturated carbocycles. The summed E-state index contributed by atoms with van der Waals surface area (Å²) in [5, 5.41) is 10.1. The largest absolute Gasteiger partial charge is 0.480 e. The minimum Gasteiger partial charge on any atom is -0.480 e. The molecule has 8 heteroatoms. The quantitative estimate of drug-likeness (QED) is 0.338. The van der Waals surface area contributed by atoms with Crippen LogP contribution in [0.4, 0.5) is 0 Å². The van der Waals surface area contributed by atoms with E-state index in [2.05, 4.69) is 10.1 Å². The SMILES string of the molecule is CC(=O)NCC(=O)O.COC(=O)C(N)CCCCN. The highest BCUT2D eigenvalue weighted by atomic mass is 16.5. The number of methoxy groups -OCH3 is 1. The number of rotatable bonds is 7. The van der Waals surface area contributed by atoms with Gasteiger partial charge in [-0.2, -0.15) is 0 Å². The third-order valence-electron chi connectivity index (χ3n) is 1.96.